The minimum Gasteiger partial charge on any atom is -0.416 e. The van der Waals surface area contributed by atoms with E-state index in [1.54, 1.807) is 0 Å². The molecule has 252 valence electrons. The molecule has 1 rings (SSSR count). The first-order chi connectivity index (χ1) is 18.4. The van der Waals surface area contributed by atoms with Gasteiger partial charge in [-0.15, -0.1) is 0 Å². The van der Waals surface area contributed by atoms with Gasteiger partial charge in [0.05, 0.1) is 24.9 Å². The lowest BCUT2D eigenvalue weighted by molar-refractivity contribution is -0.304. The van der Waals surface area contributed by atoms with Crippen molar-refractivity contribution in [2.24, 2.45) is 23.7 Å². The highest BCUT2D eigenvalue weighted by Gasteiger charge is 2.50. The Kier molecular flexibility index (Phi) is 13.2. The van der Waals surface area contributed by atoms with Gasteiger partial charge in [-0.1, -0.05) is 90.0 Å². The van der Waals surface area contributed by atoms with Crippen LogP contribution in [-0.2, 0) is 22.8 Å². The predicted octanol–water partition coefficient (Wildman–Crippen LogP) is 10.5. The van der Waals surface area contributed by atoms with Crippen LogP contribution in [0.2, 0.25) is 54.4 Å². The minimum absolute atomic E-state index is 0.0102. The van der Waals surface area contributed by atoms with Crippen LogP contribution in [0, 0.1) is 23.7 Å². The van der Waals surface area contributed by atoms with E-state index in [0.29, 0.717) is 13.2 Å². The number of hydrogen-bond donors (Lipinski definition) is 0. The van der Waals surface area contributed by atoms with Gasteiger partial charge in [-0.05, 0) is 68.2 Å². The molecule has 0 unspecified atom stereocenters. The number of hydrogen-bond acceptors (Lipinski definition) is 5. The van der Waals surface area contributed by atoms with Crippen LogP contribution in [0.3, 0.4) is 0 Å². The normalized spacial score (nSPS) is 25.1. The van der Waals surface area contributed by atoms with Crippen molar-refractivity contribution in [3.05, 3.63) is 0 Å². The fraction of sp³-hybridized carbons (Fsp3) is 1.00. The maximum Gasteiger partial charge on any atom is 0.192 e. The van der Waals surface area contributed by atoms with E-state index < -0.39 is 30.7 Å². The Morgan fingerprint density at radius 1 is 0.714 bits per heavy atom. The van der Waals surface area contributed by atoms with E-state index in [1.165, 1.54) is 0 Å². The standard InChI is InChI=1S/C34H74O5Si3/c1-24-22-35-34(14,15)37-28(24)26(3)30(39-42(20,21)33(11,12)13)27(4)29(38-41(18,19)32(8,9)10)25(2)23-36-40(16,17)31(5,6)7/h24-30H,22-23H2,1-21H3/t24-,25+,26+,27-,28-,29+,30+/m0/s1. The van der Waals surface area contributed by atoms with Gasteiger partial charge in [-0.25, -0.2) is 0 Å². The summed E-state index contributed by atoms with van der Waals surface area (Å²) in [5, 5.41) is 0.369. The highest BCUT2D eigenvalue weighted by atomic mass is 28.4. The van der Waals surface area contributed by atoms with Crippen LogP contribution >= 0.6 is 0 Å². The third-order valence-electron chi connectivity index (χ3n) is 11.3. The molecule has 0 saturated carbocycles. The van der Waals surface area contributed by atoms with Gasteiger partial charge in [-0.2, -0.15) is 0 Å². The van der Waals surface area contributed by atoms with E-state index in [-0.39, 0.29) is 57.1 Å². The van der Waals surface area contributed by atoms with Gasteiger partial charge < -0.3 is 22.8 Å². The zero-order chi connectivity index (χ0) is 33.5. The molecule has 5 nitrogen and oxygen atoms in total. The molecule has 0 N–H and O–H groups in total. The van der Waals surface area contributed by atoms with E-state index in [1.807, 2.05) is 13.8 Å². The van der Waals surface area contributed by atoms with Crippen LogP contribution in [0.25, 0.3) is 0 Å². The Bertz CT molecular complexity index is 851. The van der Waals surface area contributed by atoms with Gasteiger partial charge >= 0.3 is 0 Å². The number of rotatable bonds is 12. The van der Waals surface area contributed by atoms with E-state index in [4.69, 9.17) is 22.8 Å². The van der Waals surface area contributed by atoms with Crippen molar-refractivity contribution in [2.75, 3.05) is 13.2 Å². The molecule has 1 heterocycles. The zero-order valence-electron chi connectivity index (χ0n) is 32.0. The average Bonchev–Trinajstić information content (AvgIpc) is 2.78. The molecular weight excluding hydrogens is 573 g/mol. The fourth-order valence-electron chi connectivity index (χ4n) is 5.02. The molecule has 0 aromatic rings. The molecule has 0 spiro atoms. The van der Waals surface area contributed by atoms with Crippen molar-refractivity contribution in [1.29, 1.82) is 0 Å². The van der Waals surface area contributed by atoms with Gasteiger partial charge in [0.2, 0.25) is 0 Å². The summed E-state index contributed by atoms with van der Waals surface area (Å²) in [5.41, 5.74) is 0. The molecule has 8 heteroatoms. The first-order valence-electron chi connectivity index (χ1n) is 16.7. The second-order valence-electron chi connectivity index (χ2n) is 18.7. The summed E-state index contributed by atoms with van der Waals surface area (Å²) in [4.78, 5) is 0. The highest BCUT2D eigenvalue weighted by Crippen LogP contribution is 2.45. The first kappa shape index (κ1) is 40.5. The summed E-state index contributed by atoms with van der Waals surface area (Å²) in [6.45, 7) is 50.0. The molecule has 0 bridgehead atoms. The Hall–Kier alpha value is 0.451. The summed E-state index contributed by atoms with van der Waals surface area (Å²) < 4.78 is 34.4. The lowest BCUT2D eigenvalue weighted by atomic mass is 9.79. The van der Waals surface area contributed by atoms with Gasteiger partial charge in [0, 0.05) is 30.3 Å². The van der Waals surface area contributed by atoms with E-state index in [2.05, 4.69) is 129 Å². The molecule has 42 heavy (non-hydrogen) atoms. The molecule has 0 radical (unpaired) electrons. The van der Waals surface area contributed by atoms with Crippen molar-refractivity contribution in [1.82, 2.24) is 0 Å². The highest BCUT2D eigenvalue weighted by molar-refractivity contribution is 6.75. The molecule has 7 atom stereocenters. The van der Waals surface area contributed by atoms with Crippen molar-refractivity contribution >= 4 is 25.0 Å². The monoisotopic (exact) mass is 646 g/mol. The molecule has 1 saturated heterocycles. The Labute approximate surface area is 266 Å². The molecule has 0 aliphatic carbocycles. The molecule has 1 aliphatic heterocycles. The Morgan fingerprint density at radius 3 is 1.52 bits per heavy atom. The van der Waals surface area contributed by atoms with Crippen molar-refractivity contribution in [3.63, 3.8) is 0 Å². The van der Waals surface area contributed by atoms with Crippen LogP contribution in [0.1, 0.15) is 104 Å². The van der Waals surface area contributed by atoms with Gasteiger partial charge in [0.15, 0.2) is 30.7 Å². The summed E-state index contributed by atoms with van der Waals surface area (Å²) in [7, 11) is -6.13. The summed E-state index contributed by atoms with van der Waals surface area (Å²) in [6, 6.07) is 0. The Morgan fingerprint density at radius 2 is 1.12 bits per heavy atom. The van der Waals surface area contributed by atoms with Gasteiger partial charge in [-0.3, -0.25) is 0 Å². The van der Waals surface area contributed by atoms with Crippen molar-refractivity contribution in [2.45, 2.75) is 182 Å². The van der Waals surface area contributed by atoms with Crippen molar-refractivity contribution in [3.8, 4) is 0 Å². The van der Waals surface area contributed by atoms with Crippen molar-refractivity contribution < 1.29 is 22.8 Å². The third kappa shape index (κ3) is 10.2. The zero-order valence-corrected chi connectivity index (χ0v) is 35.0. The second kappa shape index (κ2) is 13.7. The molecule has 1 aliphatic rings. The van der Waals surface area contributed by atoms with E-state index >= 15 is 0 Å². The van der Waals surface area contributed by atoms with Gasteiger partial charge in [0.25, 0.3) is 0 Å². The van der Waals surface area contributed by atoms with E-state index in [9.17, 15) is 0 Å². The summed E-state index contributed by atoms with van der Waals surface area (Å²) in [6.07, 6.45) is 0.0339. The van der Waals surface area contributed by atoms with Gasteiger partial charge in [0.1, 0.15) is 0 Å². The molecule has 0 aromatic carbocycles. The largest absolute Gasteiger partial charge is 0.416 e. The average molecular weight is 647 g/mol. The first-order valence-corrected chi connectivity index (χ1v) is 25.4. The maximum atomic E-state index is 7.45. The predicted molar refractivity (Wildman–Crippen MR) is 189 cm³/mol. The lowest BCUT2D eigenvalue weighted by Gasteiger charge is -2.51. The van der Waals surface area contributed by atoms with Crippen LogP contribution in [0.5, 0.6) is 0 Å². The Balaban J connectivity index is 3.64. The summed E-state index contributed by atoms with van der Waals surface area (Å²) >= 11 is 0. The quantitative estimate of drug-likeness (QED) is 0.197. The maximum absolute atomic E-state index is 7.45. The van der Waals surface area contributed by atoms with Crippen LogP contribution < -0.4 is 0 Å². The smallest absolute Gasteiger partial charge is 0.192 e. The van der Waals surface area contributed by atoms with Crippen LogP contribution in [0.4, 0.5) is 0 Å². The SMILES string of the molecule is C[C@H]([C@H](O[Si](C)(C)C(C)(C)C)[C@H](C)[C@H]1OC(C)(C)OC[C@@H]1C)[C@H](O[Si](C)(C)C(C)(C)C)[C@H](C)CO[Si](C)(C)C(C)(C)C. The molecular formula is C34H74O5Si3. The minimum atomic E-state index is -2.12. The summed E-state index contributed by atoms with van der Waals surface area (Å²) in [5.74, 6) is 0.238. The lowest BCUT2D eigenvalue weighted by Crippen LogP contribution is -2.57. The fourth-order valence-corrected chi connectivity index (χ4v) is 9.08. The molecule has 1 fully saturated rings. The van der Waals surface area contributed by atoms with E-state index in [0.717, 1.165) is 0 Å². The third-order valence-corrected chi connectivity index (χ3v) is 24.7. The molecule has 0 amide bonds. The van der Waals surface area contributed by atoms with Crippen LogP contribution in [-0.4, -0.2) is 62.3 Å². The number of ether oxygens (including phenoxy) is 2. The molecule has 0 aromatic heterocycles. The van der Waals surface area contributed by atoms with Crippen LogP contribution in [0.15, 0.2) is 0 Å². The second-order valence-corrected chi connectivity index (χ2v) is 33.0. The topological polar surface area (TPSA) is 46.2 Å².